The van der Waals surface area contributed by atoms with Crippen LogP contribution in [0.4, 0.5) is 4.79 Å². The quantitative estimate of drug-likeness (QED) is 0.536. The van der Waals surface area contributed by atoms with Crippen molar-refractivity contribution < 1.29 is 31.1 Å². The lowest BCUT2D eigenvalue weighted by atomic mass is 10.2. The summed E-state index contributed by atoms with van der Waals surface area (Å²) in [6.45, 7) is 0.0902. The van der Waals surface area contributed by atoms with Crippen molar-refractivity contribution in [1.82, 2.24) is 0 Å². The van der Waals surface area contributed by atoms with Crippen molar-refractivity contribution >= 4 is 28.3 Å². The van der Waals surface area contributed by atoms with Crippen LogP contribution in [0.15, 0.2) is 54.6 Å². The maximum absolute atomic E-state index is 11.6. The molecule has 0 amide bonds. The van der Waals surface area contributed by atoms with Crippen molar-refractivity contribution in [2.45, 2.75) is 6.61 Å². The molecule has 0 fully saturated rings. The van der Waals surface area contributed by atoms with Crippen LogP contribution in [0.3, 0.4) is 0 Å². The van der Waals surface area contributed by atoms with E-state index in [1.54, 1.807) is 11.8 Å². The first-order valence-electron chi connectivity index (χ1n) is 7.29. The molecule has 2 aromatic rings. The van der Waals surface area contributed by atoms with Gasteiger partial charge in [-0.15, -0.1) is 0 Å². The fraction of sp³-hybridized carbons (Fsp3) is 0.235. The number of ether oxygens (including phenoxy) is 2. The van der Waals surface area contributed by atoms with Crippen LogP contribution < -0.4 is 8.92 Å². The first kappa shape index (κ1) is 21.8. The second-order valence-corrected chi connectivity index (χ2v) is 6.80. The van der Waals surface area contributed by atoms with Gasteiger partial charge in [0.25, 0.3) is 0 Å². The molecule has 0 atom stereocenters. The average molecular weight is 400 g/mol. The van der Waals surface area contributed by atoms with E-state index in [0.29, 0.717) is 0 Å². The number of carbonyl (C=O) groups is 1. The molecule has 0 radical (unpaired) electrons. The molecule has 2 rings (SSSR count). The number of carbonyl (C=O) groups excluding carboxylic acids is 1. The second-order valence-electron chi connectivity index (χ2n) is 4.66. The van der Waals surface area contributed by atoms with Crippen LogP contribution in [-0.2, 0) is 25.9 Å². The second kappa shape index (κ2) is 11.4. The summed E-state index contributed by atoms with van der Waals surface area (Å²) in [6, 6.07) is 14.5. The molecule has 0 bridgehead atoms. The highest BCUT2D eigenvalue weighted by molar-refractivity contribution is 7.97. The minimum absolute atomic E-state index is 0.0249. The Bertz CT molecular complexity index is 759. The Kier molecular flexibility index (Phi) is 9.56. The first-order chi connectivity index (χ1) is 12.4. The highest BCUT2D eigenvalue weighted by Gasteiger charge is 2.12. The van der Waals surface area contributed by atoms with Crippen LogP contribution in [-0.4, -0.2) is 34.2 Å². The summed E-state index contributed by atoms with van der Waals surface area (Å²) in [6.07, 6.45) is 3.21. The molecule has 0 aliphatic rings. The van der Waals surface area contributed by atoms with Gasteiger partial charge in [0.1, 0.15) is 18.1 Å². The zero-order valence-electron chi connectivity index (χ0n) is 14.6. The van der Waals surface area contributed by atoms with E-state index in [9.17, 15) is 13.2 Å². The van der Waals surface area contributed by atoms with E-state index in [1.165, 1.54) is 24.3 Å². The Balaban J connectivity index is 0.00000105. The molecule has 0 saturated carbocycles. The molecule has 142 valence electrons. The molecular weight excluding hydrogens is 380 g/mol. The maximum atomic E-state index is 11.6. The Hall–Kier alpha value is -2.23. The molecule has 26 heavy (non-hydrogen) atoms. The number of thioether (sulfide) groups is 1. The molecule has 0 aromatic heterocycles. The molecule has 0 aliphatic heterocycles. The Morgan fingerprint density at radius 2 is 1.50 bits per heavy atom. The smallest absolute Gasteiger partial charge is 0.429 e. The predicted molar refractivity (Wildman–Crippen MR) is 99.7 cm³/mol. The molecule has 7 nitrogen and oxygen atoms in total. The third-order valence-corrected chi connectivity index (χ3v) is 3.43. The minimum atomic E-state index is -4.08. The molecule has 0 saturated heterocycles. The van der Waals surface area contributed by atoms with Crippen molar-refractivity contribution in [3.8, 4) is 11.5 Å². The van der Waals surface area contributed by atoms with Gasteiger partial charge in [-0.1, -0.05) is 30.3 Å². The topological polar surface area (TPSA) is 88.1 Å². The molecule has 0 heterocycles. The number of benzene rings is 2. The normalized spacial score (nSPS) is 10.3. The Morgan fingerprint density at radius 3 is 2.04 bits per heavy atom. The standard InChI is InChI=1S/C15H14O7S.C2H6S/c1-19-23(17,18)22-14-9-7-13(8-10-14)21-15(16)20-11-12-5-3-2-4-6-12;1-3-2/h2-10H,11H2,1H3;1-2H3. The molecule has 9 heteroatoms. The van der Waals surface area contributed by atoms with Gasteiger partial charge in [0, 0.05) is 0 Å². The van der Waals surface area contributed by atoms with Crippen molar-refractivity contribution in [2.24, 2.45) is 0 Å². The number of hydrogen-bond donors (Lipinski definition) is 0. The van der Waals surface area contributed by atoms with E-state index >= 15 is 0 Å². The Labute approximate surface area is 157 Å². The van der Waals surface area contributed by atoms with Gasteiger partial charge < -0.3 is 13.7 Å². The van der Waals surface area contributed by atoms with Crippen molar-refractivity contribution in [1.29, 1.82) is 0 Å². The average Bonchev–Trinajstić information content (AvgIpc) is 2.63. The summed E-state index contributed by atoms with van der Waals surface area (Å²) < 4.78 is 40.9. The summed E-state index contributed by atoms with van der Waals surface area (Å²) >= 11 is 1.75. The third-order valence-electron chi connectivity index (χ3n) is 2.63. The Morgan fingerprint density at radius 1 is 0.962 bits per heavy atom. The lowest BCUT2D eigenvalue weighted by Crippen LogP contribution is -2.11. The maximum Gasteiger partial charge on any atom is 0.514 e. The van der Waals surface area contributed by atoms with Crippen molar-refractivity contribution in [2.75, 3.05) is 19.6 Å². The molecular formula is C17H20O7S2. The van der Waals surface area contributed by atoms with Gasteiger partial charge in [-0.25, -0.2) is 8.98 Å². The van der Waals surface area contributed by atoms with E-state index in [4.69, 9.17) is 9.47 Å². The third kappa shape index (κ3) is 8.75. The van der Waals surface area contributed by atoms with Gasteiger partial charge in [-0.2, -0.15) is 20.2 Å². The van der Waals surface area contributed by atoms with Crippen LogP contribution in [0, 0.1) is 0 Å². The molecule has 0 N–H and O–H groups in total. The highest BCUT2D eigenvalue weighted by Crippen LogP contribution is 2.19. The predicted octanol–water partition coefficient (Wildman–Crippen LogP) is 3.65. The zero-order chi connectivity index (χ0) is 19.4. The van der Waals surface area contributed by atoms with E-state index in [1.807, 2.05) is 42.8 Å². The van der Waals surface area contributed by atoms with Crippen molar-refractivity contribution in [3.05, 3.63) is 60.2 Å². The molecule has 0 spiro atoms. The lowest BCUT2D eigenvalue weighted by Gasteiger charge is -2.07. The SMILES string of the molecule is COS(=O)(=O)Oc1ccc(OC(=O)OCc2ccccc2)cc1.CSC. The largest absolute Gasteiger partial charge is 0.514 e. The summed E-state index contributed by atoms with van der Waals surface area (Å²) in [5.74, 6) is 0.210. The number of rotatable bonds is 6. The fourth-order valence-corrected chi connectivity index (χ4v) is 1.97. The van der Waals surface area contributed by atoms with E-state index in [-0.39, 0.29) is 18.1 Å². The van der Waals surface area contributed by atoms with Crippen LogP contribution in [0.25, 0.3) is 0 Å². The van der Waals surface area contributed by atoms with Gasteiger partial charge in [0.05, 0.1) is 7.11 Å². The summed E-state index contributed by atoms with van der Waals surface area (Å²) in [7, 11) is -3.10. The van der Waals surface area contributed by atoms with Crippen LogP contribution >= 0.6 is 11.8 Å². The van der Waals surface area contributed by atoms with Gasteiger partial charge in [0.2, 0.25) is 0 Å². The van der Waals surface area contributed by atoms with Crippen LogP contribution in [0.5, 0.6) is 11.5 Å². The van der Waals surface area contributed by atoms with Crippen molar-refractivity contribution in [3.63, 3.8) is 0 Å². The van der Waals surface area contributed by atoms with E-state index in [2.05, 4.69) is 8.37 Å². The van der Waals surface area contributed by atoms with Gasteiger partial charge in [0.15, 0.2) is 0 Å². The van der Waals surface area contributed by atoms with Crippen LogP contribution in [0.2, 0.25) is 0 Å². The fourth-order valence-electron chi connectivity index (χ4n) is 1.56. The first-order valence-corrected chi connectivity index (χ1v) is 10.3. The van der Waals surface area contributed by atoms with E-state index in [0.717, 1.165) is 12.7 Å². The summed E-state index contributed by atoms with van der Waals surface area (Å²) in [5, 5.41) is 0. The van der Waals surface area contributed by atoms with Gasteiger partial charge >= 0.3 is 16.6 Å². The minimum Gasteiger partial charge on any atom is -0.429 e. The van der Waals surface area contributed by atoms with Gasteiger partial charge in [-0.3, -0.25) is 0 Å². The summed E-state index contributed by atoms with van der Waals surface area (Å²) in [5.41, 5.74) is 0.831. The number of hydrogen-bond acceptors (Lipinski definition) is 8. The lowest BCUT2D eigenvalue weighted by molar-refractivity contribution is 0.0927. The molecule has 0 unspecified atom stereocenters. The molecule has 0 aliphatic carbocycles. The molecule has 2 aromatic carbocycles. The highest BCUT2D eigenvalue weighted by atomic mass is 32.3. The van der Waals surface area contributed by atoms with Gasteiger partial charge in [-0.05, 0) is 42.3 Å². The van der Waals surface area contributed by atoms with E-state index < -0.39 is 16.6 Å². The monoisotopic (exact) mass is 400 g/mol. The van der Waals surface area contributed by atoms with Crippen LogP contribution in [0.1, 0.15) is 5.56 Å². The summed E-state index contributed by atoms with van der Waals surface area (Å²) in [4.78, 5) is 11.6. The zero-order valence-corrected chi connectivity index (χ0v) is 16.2.